The van der Waals surface area contributed by atoms with Crippen LogP contribution in [-0.4, -0.2) is 30.3 Å². The van der Waals surface area contributed by atoms with Crippen molar-refractivity contribution in [3.05, 3.63) is 46.8 Å². The molecule has 6 nitrogen and oxygen atoms in total. The maximum absolute atomic E-state index is 6.46. The molecule has 1 aliphatic heterocycles. The highest BCUT2D eigenvalue weighted by Gasteiger charge is 2.43. The third-order valence-corrected chi connectivity index (χ3v) is 6.10. The zero-order chi connectivity index (χ0) is 19.6. The van der Waals surface area contributed by atoms with E-state index in [4.69, 9.17) is 9.26 Å². The number of nitrogens with one attached hydrogen (secondary N) is 2. The van der Waals surface area contributed by atoms with Crippen molar-refractivity contribution in [1.29, 1.82) is 0 Å². The number of para-hydroxylation sites is 1. The van der Waals surface area contributed by atoms with Crippen molar-refractivity contribution in [2.45, 2.75) is 64.0 Å². The van der Waals surface area contributed by atoms with E-state index in [2.05, 4.69) is 45.0 Å². The third kappa shape index (κ3) is 3.73. The van der Waals surface area contributed by atoms with Crippen LogP contribution in [0.1, 0.15) is 60.7 Å². The third-order valence-electron chi connectivity index (χ3n) is 6.10. The number of nitrogens with zero attached hydrogens (tertiary/aromatic N) is 2. The first kappa shape index (κ1) is 18.8. The van der Waals surface area contributed by atoms with Crippen LogP contribution in [0.2, 0.25) is 0 Å². The van der Waals surface area contributed by atoms with Crippen molar-refractivity contribution in [2.24, 2.45) is 4.99 Å². The Morgan fingerprint density at radius 1 is 1.25 bits per heavy atom. The lowest BCUT2D eigenvalue weighted by Gasteiger charge is -2.40. The average Bonchev–Trinajstić information content (AvgIpc) is 3.28. The molecule has 1 unspecified atom stereocenters. The number of aliphatic imine (C=N–C) groups is 1. The summed E-state index contributed by atoms with van der Waals surface area (Å²) < 4.78 is 11.7. The molecule has 1 spiro atoms. The van der Waals surface area contributed by atoms with Gasteiger partial charge in [0.2, 0.25) is 0 Å². The molecule has 0 saturated heterocycles. The summed E-state index contributed by atoms with van der Waals surface area (Å²) >= 11 is 0. The molecular formula is C22H30N4O2. The molecule has 1 atom stereocenters. The Kier molecular flexibility index (Phi) is 5.29. The second-order valence-electron chi connectivity index (χ2n) is 7.98. The van der Waals surface area contributed by atoms with Crippen LogP contribution in [-0.2, 0) is 6.42 Å². The van der Waals surface area contributed by atoms with Crippen LogP contribution in [0.3, 0.4) is 0 Å². The monoisotopic (exact) mass is 382 g/mol. The number of rotatable bonds is 4. The molecule has 2 heterocycles. The fourth-order valence-corrected chi connectivity index (χ4v) is 4.60. The summed E-state index contributed by atoms with van der Waals surface area (Å²) in [5.41, 5.74) is 3.32. The number of hydrogen-bond acceptors (Lipinski definition) is 4. The molecule has 2 aliphatic rings. The van der Waals surface area contributed by atoms with Gasteiger partial charge in [0.15, 0.2) is 5.96 Å². The highest BCUT2D eigenvalue weighted by atomic mass is 16.5. The van der Waals surface area contributed by atoms with Crippen LogP contribution in [0.4, 0.5) is 0 Å². The van der Waals surface area contributed by atoms with Gasteiger partial charge in [-0.05, 0) is 52.0 Å². The summed E-state index contributed by atoms with van der Waals surface area (Å²) in [5.74, 6) is 2.73. The van der Waals surface area contributed by atoms with Crippen LogP contribution >= 0.6 is 0 Å². The van der Waals surface area contributed by atoms with Gasteiger partial charge < -0.3 is 19.9 Å². The summed E-state index contributed by atoms with van der Waals surface area (Å²) in [6.45, 7) is 4.72. The highest BCUT2D eigenvalue weighted by Crippen LogP contribution is 2.46. The fraction of sp³-hybridized carbons (Fsp3) is 0.545. The molecule has 150 valence electrons. The average molecular weight is 383 g/mol. The lowest BCUT2D eigenvalue weighted by Crippen LogP contribution is -2.47. The van der Waals surface area contributed by atoms with E-state index in [1.54, 1.807) is 0 Å². The predicted molar refractivity (Wildman–Crippen MR) is 110 cm³/mol. The van der Waals surface area contributed by atoms with Crippen molar-refractivity contribution in [2.75, 3.05) is 13.6 Å². The van der Waals surface area contributed by atoms with Gasteiger partial charge in [-0.1, -0.05) is 23.4 Å². The van der Waals surface area contributed by atoms with Crippen LogP contribution < -0.4 is 15.4 Å². The Morgan fingerprint density at radius 2 is 2.04 bits per heavy atom. The number of guanidine groups is 1. The van der Waals surface area contributed by atoms with E-state index in [9.17, 15) is 0 Å². The summed E-state index contributed by atoms with van der Waals surface area (Å²) in [5, 5.41) is 11.1. The maximum atomic E-state index is 6.46. The number of aromatic nitrogens is 1. The number of ether oxygens (including phenoxy) is 1. The van der Waals surface area contributed by atoms with Gasteiger partial charge in [0.05, 0.1) is 11.7 Å². The van der Waals surface area contributed by atoms with E-state index in [0.717, 1.165) is 55.4 Å². The molecule has 0 radical (unpaired) electrons. The second-order valence-corrected chi connectivity index (χ2v) is 7.98. The molecule has 28 heavy (non-hydrogen) atoms. The van der Waals surface area contributed by atoms with Gasteiger partial charge in [0.25, 0.3) is 0 Å². The number of aryl methyl sites for hydroxylation is 2. The predicted octanol–water partition coefficient (Wildman–Crippen LogP) is 3.84. The molecule has 0 amide bonds. The fourth-order valence-electron chi connectivity index (χ4n) is 4.60. The van der Waals surface area contributed by atoms with Crippen molar-refractivity contribution in [3.63, 3.8) is 0 Å². The van der Waals surface area contributed by atoms with E-state index in [1.807, 2.05) is 20.9 Å². The standard InChI is InChI=1S/C22H30N4O2/c1-15-17(16(2)28-26-15)10-13-24-21(23-3)25-19-14-22(11-6-7-12-22)27-20-9-5-4-8-18(19)20/h4-5,8-9,19H,6-7,10-14H2,1-3H3,(H2,23,24,25). The van der Waals surface area contributed by atoms with Crippen molar-refractivity contribution in [1.82, 2.24) is 15.8 Å². The normalized spacial score (nSPS) is 20.7. The first-order chi connectivity index (χ1) is 13.6. The number of fused-ring (bicyclic) bond motifs is 1. The smallest absolute Gasteiger partial charge is 0.191 e. The summed E-state index contributed by atoms with van der Waals surface area (Å²) in [6, 6.07) is 8.59. The highest BCUT2D eigenvalue weighted by molar-refractivity contribution is 5.80. The van der Waals surface area contributed by atoms with Crippen LogP contribution in [0.25, 0.3) is 0 Å². The first-order valence-electron chi connectivity index (χ1n) is 10.3. The zero-order valence-corrected chi connectivity index (χ0v) is 17.0. The lowest BCUT2D eigenvalue weighted by molar-refractivity contribution is 0.0396. The van der Waals surface area contributed by atoms with Crippen molar-refractivity contribution < 1.29 is 9.26 Å². The van der Waals surface area contributed by atoms with Gasteiger partial charge in [-0.15, -0.1) is 0 Å². The van der Waals surface area contributed by atoms with Gasteiger partial charge in [0.1, 0.15) is 17.1 Å². The minimum Gasteiger partial charge on any atom is -0.487 e. The molecule has 1 aromatic heterocycles. The summed E-state index contributed by atoms with van der Waals surface area (Å²) in [4.78, 5) is 4.45. The molecule has 1 fully saturated rings. The lowest BCUT2D eigenvalue weighted by atomic mass is 9.86. The minimum atomic E-state index is -0.0262. The quantitative estimate of drug-likeness (QED) is 0.621. The Bertz CT molecular complexity index is 832. The Labute approximate surface area is 166 Å². The van der Waals surface area contributed by atoms with E-state index in [0.29, 0.717) is 0 Å². The molecule has 1 saturated carbocycles. The maximum Gasteiger partial charge on any atom is 0.191 e. The topological polar surface area (TPSA) is 71.7 Å². The molecular weight excluding hydrogens is 352 g/mol. The Morgan fingerprint density at radius 3 is 2.75 bits per heavy atom. The SMILES string of the molecule is CN=C(NCCc1c(C)noc1C)NC1CC2(CCCC2)Oc2ccccc21. The van der Waals surface area contributed by atoms with Crippen molar-refractivity contribution in [3.8, 4) is 5.75 Å². The van der Waals surface area contributed by atoms with Gasteiger partial charge in [-0.2, -0.15) is 0 Å². The largest absolute Gasteiger partial charge is 0.487 e. The molecule has 1 aliphatic carbocycles. The molecule has 2 N–H and O–H groups in total. The molecule has 4 rings (SSSR count). The molecule has 2 aromatic rings. The van der Waals surface area contributed by atoms with E-state index >= 15 is 0 Å². The molecule has 6 heteroatoms. The Balaban J connectivity index is 1.44. The second kappa shape index (κ2) is 7.86. The van der Waals surface area contributed by atoms with Crippen LogP contribution in [0.15, 0.2) is 33.8 Å². The zero-order valence-electron chi connectivity index (χ0n) is 17.0. The van der Waals surface area contributed by atoms with Crippen LogP contribution in [0.5, 0.6) is 5.75 Å². The number of benzene rings is 1. The van der Waals surface area contributed by atoms with E-state index in [1.165, 1.54) is 24.0 Å². The summed E-state index contributed by atoms with van der Waals surface area (Å²) in [6.07, 6.45) is 6.61. The molecule has 0 bridgehead atoms. The number of hydrogen-bond donors (Lipinski definition) is 2. The van der Waals surface area contributed by atoms with Crippen LogP contribution in [0, 0.1) is 13.8 Å². The first-order valence-corrected chi connectivity index (χ1v) is 10.3. The van der Waals surface area contributed by atoms with E-state index in [-0.39, 0.29) is 11.6 Å². The summed E-state index contributed by atoms with van der Waals surface area (Å²) in [7, 11) is 1.82. The van der Waals surface area contributed by atoms with Crippen molar-refractivity contribution >= 4 is 5.96 Å². The van der Waals surface area contributed by atoms with Gasteiger partial charge in [-0.25, -0.2) is 0 Å². The van der Waals surface area contributed by atoms with Gasteiger partial charge >= 0.3 is 0 Å². The van der Waals surface area contributed by atoms with Gasteiger partial charge in [-0.3, -0.25) is 4.99 Å². The molecule has 1 aromatic carbocycles. The van der Waals surface area contributed by atoms with Gasteiger partial charge in [0, 0.05) is 31.1 Å². The minimum absolute atomic E-state index is 0.0262. The van der Waals surface area contributed by atoms with E-state index < -0.39 is 0 Å². The Hall–Kier alpha value is -2.50.